The Balaban J connectivity index is 1.29. The van der Waals surface area contributed by atoms with Gasteiger partial charge in [-0.25, -0.2) is 8.42 Å². The van der Waals surface area contributed by atoms with E-state index < -0.39 is 10.0 Å². The molecule has 1 unspecified atom stereocenters. The molecule has 2 aliphatic rings. The fourth-order valence-electron chi connectivity index (χ4n) is 3.79. The number of hydrogen-bond acceptors (Lipinski definition) is 5. The van der Waals surface area contributed by atoms with E-state index in [2.05, 4.69) is 5.32 Å². The van der Waals surface area contributed by atoms with Crippen LogP contribution in [0.25, 0.3) is 6.08 Å². The Bertz CT molecular complexity index is 1060. The maximum Gasteiger partial charge on any atom is 0.244 e. The molecule has 1 amide bonds. The Morgan fingerprint density at radius 2 is 1.69 bits per heavy atom. The van der Waals surface area contributed by atoms with Crippen LogP contribution in [0, 0.1) is 0 Å². The summed E-state index contributed by atoms with van der Waals surface area (Å²) in [6.45, 7) is 1.84. The van der Waals surface area contributed by atoms with Crippen LogP contribution >= 0.6 is 0 Å². The second-order valence-electron chi connectivity index (χ2n) is 7.96. The predicted molar refractivity (Wildman–Crippen MR) is 122 cm³/mol. The monoisotopic (exact) mass is 456 g/mol. The molecule has 1 N–H and O–H groups in total. The first-order valence-electron chi connectivity index (χ1n) is 11.0. The molecule has 0 bridgehead atoms. The molecule has 0 aromatic heterocycles. The van der Waals surface area contributed by atoms with Crippen LogP contribution in [0.3, 0.4) is 0 Å². The molecular weight excluding hydrogens is 428 g/mol. The number of nitrogens with zero attached hydrogens (tertiary/aromatic N) is 1. The van der Waals surface area contributed by atoms with E-state index in [-0.39, 0.29) is 16.9 Å². The maximum absolute atomic E-state index is 12.9. The second-order valence-corrected chi connectivity index (χ2v) is 9.90. The van der Waals surface area contributed by atoms with Crippen molar-refractivity contribution < 1.29 is 22.7 Å². The summed E-state index contributed by atoms with van der Waals surface area (Å²) in [5.74, 6) is 1.12. The fraction of sp³-hybridized carbons (Fsp3) is 0.375. The Labute approximate surface area is 189 Å². The van der Waals surface area contributed by atoms with Gasteiger partial charge in [0.2, 0.25) is 15.9 Å². The summed E-state index contributed by atoms with van der Waals surface area (Å²) < 4.78 is 38.7. The molecule has 1 fully saturated rings. The molecule has 1 saturated heterocycles. The van der Waals surface area contributed by atoms with Gasteiger partial charge in [0.15, 0.2) is 11.5 Å². The van der Waals surface area contributed by atoms with Gasteiger partial charge in [-0.3, -0.25) is 4.79 Å². The van der Waals surface area contributed by atoms with Gasteiger partial charge in [0.1, 0.15) is 12.7 Å². The second kappa shape index (κ2) is 10.2. The van der Waals surface area contributed by atoms with Crippen LogP contribution in [-0.2, 0) is 14.8 Å². The summed E-state index contributed by atoms with van der Waals surface area (Å²) in [5.41, 5.74) is 0.751. The topological polar surface area (TPSA) is 84.9 Å². The van der Waals surface area contributed by atoms with Crippen molar-refractivity contribution in [2.45, 2.75) is 36.7 Å². The van der Waals surface area contributed by atoms with E-state index in [4.69, 9.17) is 9.47 Å². The molecule has 8 heteroatoms. The van der Waals surface area contributed by atoms with E-state index in [9.17, 15) is 13.2 Å². The molecule has 0 aliphatic carbocycles. The maximum atomic E-state index is 12.9. The van der Waals surface area contributed by atoms with E-state index in [0.717, 1.165) is 31.2 Å². The van der Waals surface area contributed by atoms with Crippen molar-refractivity contribution in [2.24, 2.45) is 0 Å². The lowest BCUT2D eigenvalue weighted by Crippen LogP contribution is -2.40. The number of ether oxygens (including phenoxy) is 2. The highest BCUT2D eigenvalue weighted by atomic mass is 32.2. The minimum Gasteiger partial charge on any atom is -0.486 e. The third-order valence-corrected chi connectivity index (χ3v) is 7.49. The molecule has 4 rings (SSSR count). The van der Waals surface area contributed by atoms with Crippen LogP contribution in [0.2, 0.25) is 0 Å². The van der Waals surface area contributed by atoms with E-state index in [1.165, 1.54) is 6.08 Å². The summed E-state index contributed by atoms with van der Waals surface area (Å²) >= 11 is 0. The van der Waals surface area contributed by atoms with Crippen molar-refractivity contribution in [3.8, 4) is 11.5 Å². The van der Waals surface area contributed by atoms with Gasteiger partial charge in [-0.15, -0.1) is 0 Å². The summed E-state index contributed by atoms with van der Waals surface area (Å²) in [6.07, 6.45) is 6.78. The van der Waals surface area contributed by atoms with Gasteiger partial charge in [0.25, 0.3) is 0 Å². The standard InChI is InChI=1S/C24H28N2O5S/c27-24(25-17-20-18-30-22-7-3-4-8-23(22)31-20)14-11-19-9-12-21(13-10-19)32(28,29)26-15-5-1-2-6-16-26/h3-4,7-14,20H,1-2,5-6,15-18H2,(H,25,27)/b14-11+. The molecular formula is C24H28N2O5S. The number of benzene rings is 2. The highest BCUT2D eigenvalue weighted by molar-refractivity contribution is 7.89. The van der Waals surface area contributed by atoms with E-state index in [1.807, 2.05) is 24.3 Å². The van der Waals surface area contributed by atoms with Crippen LogP contribution in [0.15, 0.2) is 59.5 Å². The molecule has 2 aromatic rings. The van der Waals surface area contributed by atoms with Gasteiger partial charge in [-0.1, -0.05) is 37.1 Å². The van der Waals surface area contributed by atoms with Gasteiger partial charge in [0, 0.05) is 19.2 Å². The van der Waals surface area contributed by atoms with Crippen LogP contribution < -0.4 is 14.8 Å². The quantitative estimate of drug-likeness (QED) is 0.675. The predicted octanol–water partition coefficient (Wildman–Crippen LogP) is 3.22. The molecule has 2 aromatic carbocycles. The Kier molecular flexibility index (Phi) is 7.12. The zero-order chi connectivity index (χ0) is 22.4. The van der Waals surface area contributed by atoms with Crippen LogP contribution in [0.1, 0.15) is 31.2 Å². The highest BCUT2D eigenvalue weighted by Crippen LogP contribution is 2.30. The Morgan fingerprint density at radius 3 is 2.41 bits per heavy atom. The lowest BCUT2D eigenvalue weighted by atomic mass is 10.2. The van der Waals surface area contributed by atoms with Crippen LogP contribution in [0.4, 0.5) is 0 Å². The molecule has 1 atom stereocenters. The van der Waals surface area contributed by atoms with E-state index in [0.29, 0.717) is 37.7 Å². The van der Waals surface area contributed by atoms with Crippen molar-refractivity contribution in [2.75, 3.05) is 26.2 Å². The third-order valence-electron chi connectivity index (χ3n) is 5.58. The van der Waals surface area contributed by atoms with Crippen LogP contribution in [0.5, 0.6) is 11.5 Å². The number of hydrogen-bond donors (Lipinski definition) is 1. The number of fused-ring (bicyclic) bond motifs is 1. The minimum absolute atomic E-state index is 0.256. The molecule has 7 nitrogen and oxygen atoms in total. The van der Waals surface area contributed by atoms with Crippen molar-refractivity contribution in [3.05, 3.63) is 60.2 Å². The molecule has 0 radical (unpaired) electrons. The largest absolute Gasteiger partial charge is 0.486 e. The number of rotatable bonds is 6. The third kappa shape index (κ3) is 5.49. The van der Waals surface area contributed by atoms with Gasteiger partial charge in [-0.2, -0.15) is 4.31 Å². The summed E-state index contributed by atoms with van der Waals surface area (Å²) in [5, 5.41) is 2.80. The number of para-hydroxylation sites is 2. The average molecular weight is 457 g/mol. The Morgan fingerprint density at radius 1 is 1.00 bits per heavy atom. The number of sulfonamides is 1. The first-order valence-corrected chi connectivity index (χ1v) is 12.4. The summed E-state index contributed by atoms with van der Waals surface area (Å²) in [4.78, 5) is 12.5. The van der Waals surface area contributed by atoms with E-state index in [1.54, 1.807) is 34.6 Å². The molecule has 0 spiro atoms. The van der Waals surface area contributed by atoms with Crippen molar-refractivity contribution >= 4 is 22.0 Å². The number of amides is 1. The summed E-state index contributed by atoms with van der Waals surface area (Å²) in [7, 11) is -3.47. The normalized spacial score (nSPS) is 19.4. The first-order chi connectivity index (χ1) is 15.5. The van der Waals surface area contributed by atoms with Crippen molar-refractivity contribution in [1.29, 1.82) is 0 Å². The lowest BCUT2D eigenvalue weighted by molar-refractivity contribution is -0.116. The number of carbonyl (C=O) groups excluding carboxylic acids is 1. The van der Waals surface area contributed by atoms with Gasteiger partial charge in [-0.05, 0) is 48.7 Å². The fourth-order valence-corrected chi connectivity index (χ4v) is 5.31. The highest BCUT2D eigenvalue weighted by Gasteiger charge is 2.25. The molecule has 2 aliphatic heterocycles. The van der Waals surface area contributed by atoms with Crippen molar-refractivity contribution in [3.63, 3.8) is 0 Å². The average Bonchev–Trinajstić information content (AvgIpc) is 3.12. The summed E-state index contributed by atoms with van der Waals surface area (Å²) in [6, 6.07) is 14.1. The molecule has 32 heavy (non-hydrogen) atoms. The lowest BCUT2D eigenvalue weighted by Gasteiger charge is -2.26. The number of carbonyl (C=O) groups is 1. The SMILES string of the molecule is O=C(/C=C/c1ccc(S(=O)(=O)N2CCCCCC2)cc1)NCC1COc2ccccc2O1. The van der Waals surface area contributed by atoms with Gasteiger partial charge in [0.05, 0.1) is 11.4 Å². The van der Waals surface area contributed by atoms with Gasteiger partial charge < -0.3 is 14.8 Å². The zero-order valence-corrected chi connectivity index (χ0v) is 18.7. The first kappa shape index (κ1) is 22.4. The molecule has 2 heterocycles. The smallest absolute Gasteiger partial charge is 0.244 e. The minimum atomic E-state index is -3.47. The van der Waals surface area contributed by atoms with E-state index >= 15 is 0 Å². The Hall–Kier alpha value is -2.84. The van der Waals surface area contributed by atoms with Crippen molar-refractivity contribution in [1.82, 2.24) is 9.62 Å². The number of nitrogens with one attached hydrogen (secondary N) is 1. The van der Waals surface area contributed by atoms with Gasteiger partial charge >= 0.3 is 0 Å². The molecule has 170 valence electrons. The molecule has 0 saturated carbocycles. The van der Waals surface area contributed by atoms with Crippen LogP contribution in [-0.4, -0.2) is 51.0 Å². The zero-order valence-electron chi connectivity index (χ0n) is 17.9.